The van der Waals surface area contributed by atoms with Crippen LogP contribution >= 0.6 is 0 Å². The Balaban J connectivity index is 2.07. The first kappa shape index (κ1) is 18.2. The van der Waals surface area contributed by atoms with Crippen molar-refractivity contribution in [3.05, 3.63) is 47.8 Å². The number of benzene rings is 1. The van der Waals surface area contributed by atoms with Crippen molar-refractivity contribution in [2.45, 2.75) is 32.9 Å². The smallest absolute Gasteiger partial charge is 0.338 e. The molecule has 0 atom stereocenters. The highest BCUT2D eigenvalue weighted by atomic mass is 32.2. The predicted molar refractivity (Wildman–Crippen MR) is 95.0 cm³/mol. The zero-order valence-electron chi connectivity index (χ0n) is 14.6. The molecule has 0 radical (unpaired) electrons. The van der Waals surface area contributed by atoms with Crippen LogP contribution in [-0.4, -0.2) is 38.1 Å². The quantitative estimate of drug-likeness (QED) is 0.794. The highest BCUT2D eigenvalue weighted by molar-refractivity contribution is 7.92. The summed E-state index contributed by atoms with van der Waals surface area (Å²) in [5, 5.41) is 4.21. The van der Waals surface area contributed by atoms with Crippen LogP contribution in [0.25, 0.3) is 0 Å². The van der Waals surface area contributed by atoms with E-state index in [1.54, 1.807) is 41.7 Å². The second-order valence-electron chi connectivity index (χ2n) is 6.87. The van der Waals surface area contributed by atoms with Crippen molar-refractivity contribution in [1.29, 1.82) is 0 Å². The molecule has 0 saturated carbocycles. The highest BCUT2D eigenvalue weighted by Gasteiger charge is 2.17. The minimum atomic E-state index is -2.20. The van der Waals surface area contributed by atoms with Gasteiger partial charge in [0, 0.05) is 22.2 Å². The lowest BCUT2D eigenvalue weighted by Crippen LogP contribution is -2.23. The van der Waals surface area contributed by atoms with E-state index in [0.717, 1.165) is 5.56 Å². The number of hydrogen-bond acceptors (Lipinski definition) is 5. The van der Waals surface area contributed by atoms with E-state index in [9.17, 15) is 9.00 Å². The zero-order valence-corrected chi connectivity index (χ0v) is 15.5. The molecule has 7 heteroatoms. The molecular formula is C17H23N3O3S. The predicted octanol–water partition coefficient (Wildman–Crippen LogP) is 3.25. The first-order valence-electron chi connectivity index (χ1n) is 7.54. The molecule has 2 rings (SSSR count). The van der Waals surface area contributed by atoms with Crippen LogP contribution in [0.3, 0.4) is 0 Å². The van der Waals surface area contributed by atoms with E-state index in [1.807, 2.05) is 32.9 Å². The Morgan fingerprint density at radius 3 is 2.42 bits per heavy atom. The summed E-state index contributed by atoms with van der Waals surface area (Å²) in [4.78, 5) is 12.0. The lowest BCUT2D eigenvalue weighted by molar-refractivity contribution is 0.00695. The van der Waals surface area contributed by atoms with Gasteiger partial charge in [0.05, 0.1) is 24.5 Å². The summed E-state index contributed by atoms with van der Waals surface area (Å²) >= 11 is 0. The van der Waals surface area contributed by atoms with Crippen LogP contribution in [0.4, 0.5) is 5.69 Å². The number of rotatable bonds is 4. The Bertz CT molecular complexity index is 831. The second kappa shape index (κ2) is 6.76. The number of aromatic nitrogens is 2. The second-order valence-corrected chi connectivity index (χ2v) is 9.41. The molecule has 0 aliphatic carbocycles. The first-order valence-corrected chi connectivity index (χ1v) is 9.87. The minimum absolute atomic E-state index is 0.338. The van der Waals surface area contributed by atoms with Gasteiger partial charge in [-0.05, 0) is 38.5 Å². The topological polar surface area (TPSA) is 73.6 Å². The van der Waals surface area contributed by atoms with Gasteiger partial charge in [-0.25, -0.2) is 9.00 Å². The van der Waals surface area contributed by atoms with Crippen molar-refractivity contribution in [3.63, 3.8) is 0 Å². The van der Waals surface area contributed by atoms with Crippen LogP contribution in [-0.2, 0) is 21.0 Å². The Morgan fingerprint density at radius 1 is 1.25 bits per heavy atom. The first-order chi connectivity index (χ1) is 11.0. The Kier molecular flexibility index (Phi) is 5.13. The van der Waals surface area contributed by atoms with Gasteiger partial charge in [-0.2, -0.15) is 9.46 Å². The third kappa shape index (κ3) is 5.81. The maximum atomic E-state index is 12.0. The molecule has 1 heterocycles. The normalized spacial score (nSPS) is 12.0. The number of carbonyl (C=O) groups excluding carboxylic acids is 1. The number of hydrogen-bond donors (Lipinski definition) is 0. The molecule has 1 aromatic heterocycles. The van der Waals surface area contributed by atoms with Crippen molar-refractivity contribution in [1.82, 2.24) is 9.78 Å². The third-order valence-electron chi connectivity index (χ3n) is 2.88. The van der Waals surface area contributed by atoms with Crippen LogP contribution in [0.15, 0.2) is 41.0 Å². The van der Waals surface area contributed by atoms with Gasteiger partial charge in [0.1, 0.15) is 11.3 Å². The Labute approximate surface area is 143 Å². The highest BCUT2D eigenvalue weighted by Crippen LogP contribution is 2.15. The van der Waals surface area contributed by atoms with Crippen LogP contribution in [0.1, 0.15) is 36.7 Å². The van der Waals surface area contributed by atoms with Gasteiger partial charge < -0.3 is 4.74 Å². The molecule has 0 unspecified atom stereocenters. The molecule has 0 amide bonds. The fourth-order valence-corrected chi connectivity index (χ4v) is 2.61. The fourth-order valence-electron chi connectivity index (χ4n) is 2.01. The van der Waals surface area contributed by atoms with Crippen LogP contribution in [0.2, 0.25) is 0 Å². The molecule has 2 aromatic rings. The van der Waals surface area contributed by atoms with Crippen molar-refractivity contribution in [3.8, 4) is 0 Å². The van der Waals surface area contributed by atoms with Gasteiger partial charge in [-0.3, -0.25) is 4.68 Å². The van der Waals surface area contributed by atoms with E-state index in [0.29, 0.717) is 17.8 Å². The molecular weight excluding hydrogens is 326 g/mol. The van der Waals surface area contributed by atoms with Gasteiger partial charge in [0.25, 0.3) is 0 Å². The summed E-state index contributed by atoms with van der Waals surface area (Å²) in [5.41, 5.74) is 1.59. The van der Waals surface area contributed by atoms with Gasteiger partial charge in [0.2, 0.25) is 0 Å². The van der Waals surface area contributed by atoms with Crippen molar-refractivity contribution >= 4 is 21.4 Å². The van der Waals surface area contributed by atoms with E-state index >= 15 is 0 Å². The summed E-state index contributed by atoms with van der Waals surface area (Å²) < 4.78 is 22.8. The molecule has 0 fully saturated rings. The molecule has 1 aromatic carbocycles. The molecule has 130 valence electrons. The molecule has 0 spiro atoms. The van der Waals surface area contributed by atoms with Crippen LogP contribution in [0.5, 0.6) is 0 Å². The average Bonchev–Trinajstić information content (AvgIpc) is 2.82. The van der Waals surface area contributed by atoms with Gasteiger partial charge in [0.15, 0.2) is 0 Å². The van der Waals surface area contributed by atoms with Crippen LogP contribution < -0.4 is 0 Å². The van der Waals surface area contributed by atoms with Crippen molar-refractivity contribution < 1.29 is 13.7 Å². The van der Waals surface area contributed by atoms with E-state index in [2.05, 4.69) is 9.46 Å². The Hall–Kier alpha value is -2.15. The maximum absolute atomic E-state index is 12.0. The Morgan fingerprint density at radius 2 is 1.88 bits per heavy atom. The molecule has 0 aliphatic heterocycles. The van der Waals surface area contributed by atoms with E-state index in [-0.39, 0.29) is 5.97 Å². The number of nitrogens with zero attached hydrogens (tertiary/aromatic N) is 3. The van der Waals surface area contributed by atoms with E-state index in [1.165, 1.54) is 0 Å². The fraction of sp³-hybridized carbons (Fsp3) is 0.412. The van der Waals surface area contributed by atoms with E-state index < -0.39 is 15.3 Å². The summed E-state index contributed by atoms with van der Waals surface area (Å²) in [7, 11) is -2.20. The van der Waals surface area contributed by atoms with Gasteiger partial charge in [-0.15, -0.1) is 0 Å². The SMILES string of the molecule is CC(C)(C)OC(=O)c1ccc(Cn2cc(N=S(C)(C)=O)cn2)cc1. The summed E-state index contributed by atoms with van der Waals surface area (Å²) in [6.07, 6.45) is 6.50. The molecule has 6 nitrogen and oxygen atoms in total. The monoisotopic (exact) mass is 349 g/mol. The number of ether oxygens (including phenoxy) is 1. The lowest BCUT2D eigenvalue weighted by atomic mass is 10.1. The third-order valence-corrected chi connectivity index (χ3v) is 3.53. The summed E-state index contributed by atoms with van der Waals surface area (Å²) in [5.74, 6) is -0.338. The molecule has 24 heavy (non-hydrogen) atoms. The average molecular weight is 349 g/mol. The van der Waals surface area contributed by atoms with Crippen LogP contribution in [0, 0.1) is 0 Å². The zero-order chi connectivity index (χ0) is 18.0. The molecule has 0 aliphatic rings. The maximum Gasteiger partial charge on any atom is 0.338 e. The van der Waals surface area contributed by atoms with Crippen molar-refractivity contribution in [2.75, 3.05) is 12.5 Å². The number of carbonyl (C=O) groups is 1. The lowest BCUT2D eigenvalue weighted by Gasteiger charge is -2.19. The minimum Gasteiger partial charge on any atom is -0.456 e. The van der Waals surface area contributed by atoms with Gasteiger partial charge in [-0.1, -0.05) is 12.1 Å². The van der Waals surface area contributed by atoms with Crippen molar-refractivity contribution in [2.24, 2.45) is 4.36 Å². The molecule has 0 saturated heterocycles. The van der Waals surface area contributed by atoms with Gasteiger partial charge >= 0.3 is 5.97 Å². The summed E-state index contributed by atoms with van der Waals surface area (Å²) in [6, 6.07) is 7.20. The summed E-state index contributed by atoms with van der Waals surface area (Å²) in [6.45, 7) is 6.05. The number of esters is 1. The molecule has 0 N–H and O–H groups in total. The van der Waals surface area contributed by atoms with E-state index in [4.69, 9.17) is 4.74 Å². The largest absolute Gasteiger partial charge is 0.456 e. The molecule has 0 bridgehead atoms. The standard InChI is InChI=1S/C17H23N3O3S/c1-17(2,3)23-16(21)14-8-6-13(7-9-14)11-20-12-15(10-18-20)19-24(4,5)22/h6-10,12H,11H2,1-5H3.